The van der Waals surface area contributed by atoms with Gasteiger partial charge in [0, 0.05) is 39.0 Å². The van der Waals surface area contributed by atoms with Crippen molar-refractivity contribution in [2.45, 2.75) is 18.7 Å². The van der Waals surface area contributed by atoms with Gasteiger partial charge in [-0.15, -0.1) is 0 Å². The molecule has 146 valence electrons. The third kappa shape index (κ3) is 3.70. The molecule has 0 spiro atoms. The second kappa shape index (κ2) is 7.93. The van der Waals surface area contributed by atoms with Crippen LogP contribution in [0.2, 0.25) is 0 Å². The summed E-state index contributed by atoms with van der Waals surface area (Å²) < 4.78 is 12.0. The van der Waals surface area contributed by atoms with Gasteiger partial charge in [-0.3, -0.25) is 14.3 Å². The molecule has 2 atom stereocenters. The molecule has 2 unspecified atom stereocenters. The van der Waals surface area contributed by atoms with Gasteiger partial charge in [-0.1, -0.05) is 0 Å². The van der Waals surface area contributed by atoms with Crippen molar-refractivity contribution in [1.29, 1.82) is 0 Å². The van der Waals surface area contributed by atoms with Gasteiger partial charge in [0.2, 0.25) is 0 Å². The van der Waals surface area contributed by atoms with Gasteiger partial charge >= 0.3 is 0 Å². The van der Waals surface area contributed by atoms with E-state index in [0.29, 0.717) is 37.3 Å². The van der Waals surface area contributed by atoms with E-state index < -0.39 is 0 Å². The highest BCUT2D eigenvalue weighted by molar-refractivity contribution is 5.81. The van der Waals surface area contributed by atoms with Gasteiger partial charge in [0.25, 0.3) is 5.56 Å². The first kappa shape index (κ1) is 18.4. The van der Waals surface area contributed by atoms with E-state index in [0.717, 1.165) is 31.9 Å². The standard InChI is InChI=1S/C19H26N4O4/c1-26-9-8-23-13-20-16-10-14(2-3-15(16)19(23)25)21-4-6-22(7-5-21)17-11-27-12-18(17)24/h2-3,10,13,17-18,24H,4-9,11-12H2,1H3. The van der Waals surface area contributed by atoms with Gasteiger partial charge in [0.15, 0.2) is 0 Å². The summed E-state index contributed by atoms with van der Waals surface area (Å²) in [7, 11) is 1.62. The van der Waals surface area contributed by atoms with E-state index in [1.165, 1.54) is 0 Å². The first-order valence-corrected chi connectivity index (χ1v) is 9.40. The van der Waals surface area contributed by atoms with Crippen LogP contribution in [0.3, 0.4) is 0 Å². The maximum Gasteiger partial charge on any atom is 0.261 e. The molecule has 8 heteroatoms. The minimum absolute atomic E-state index is 0.0383. The molecule has 0 bridgehead atoms. The zero-order valence-corrected chi connectivity index (χ0v) is 15.6. The highest BCUT2D eigenvalue weighted by Crippen LogP contribution is 2.22. The van der Waals surface area contributed by atoms with Crippen molar-refractivity contribution in [3.8, 4) is 0 Å². The zero-order valence-electron chi connectivity index (χ0n) is 15.6. The molecule has 1 aromatic carbocycles. The number of hydrogen-bond acceptors (Lipinski definition) is 7. The molecule has 27 heavy (non-hydrogen) atoms. The number of benzene rings is 1. The van der Waals surface area contributed by atoms with Crippen LogP contribution in [0, 0.1) is 0 Å². The van der Waals surface area contributed by atoms with Crippen molar-refractivity contribution >= 4 is 16.6 Å². The molecule has 2 fully saturated rings. The fourth-order valence-corrected chi connectivity index (χ4v) is 3.88. The molecular formula is C19H26N4O4. The van der Waals surface area contributed by atoms with Crippen LogP contribution < -0.4 is 10.5 Å². The number of methoxy groups -OCH3 is 1. The van der Waals surface area contributed by atoms with Crippen LogP contribution in [0.5, 0.6) is 0 Å². The fraction of sp³-hybridized carbons (Fsp3) is 0.579. The molecule has 2 saturated heterocycles. The molecular weight excluding hydrogens is 348 g/mol. The number of aromatic nitrogens is 2. The Morgan fingerprint density at radius 1 is 1.26 bits per heavy atom. The number of hydrogen-bond donors (Lipinski definition) is 1. The summed E-state index contributed by atoms with van der Waals surface area (Å²) >= 11 is 0. The van der Waals surface area contributed by atoms with Crippen molar-refractivity contribution in [3.05, 3.63) is 34.9 Å². The Labute approximate surface area is 157 Å². The minimum Gasteiger partial charge on any atom is -0.389 e. The van der Waals surface area contributed by atoms with Gasteiger partial charge in [-0.05, 0) is 18.2 Å². The number of rotatable bonds is 5. The van der Waals surface area contributed by atoms with Crippen LogP contribution in [0.15, 0.2) is 29.3 Å². The second-order valence-electron chi connectivity index (χ2n) is 7.13. The third-order valence-corrected chi connectivity index (χ3v) is 5.51. The molecule has 2 aliphatic heterocycles. The monoisotopic (exact) mass is 374 g/mol. The smallest absolute Gasteiger partial charge is 0.261 e. The molecule has 1 N–H and O–H groups in total. The van der Waals surface area contributed by atoms with Crippen LogP contribution in [-0.2, 0) is 16.0 Å². The Bertz CT molecular complexity index is 847. The van der Waals surface area contributed by atoms with Crippen LogP contribution >= 0.6 is 0 Å². The largest absolute Gasteiger partial charge is 0.389 e. The van der Waals surface area contributed by atoms with Gasteiger partial charge in [-0.25, -0.2) is 4.98 Å². The van der Waals surface area contributed by atoms with Gasteiger partial charge in [0.05, 0.1) is 55.7 Å². The lowest BCUT2D eigenvalue weighted by Gasteiger charge is -2.39. The molecule has 8 nitrogen and oxygen atoms in total. The molecule has 0 radical (unpaired) electrons. The summed E-state index contributed by atoms with van der Waals surface area (Å²) in [6.07, 6.45) is 1.20. The molecule has 4 rings (SSSR count). The second-order valence-corrected chi connectivity index (χ2v) is 7.13. The van der Waals surface area contributed by atoms with Gasteiger partial charge in [-0.2, -0.15) is 0 Å². The summed E-state index contributed by atoms with van der Waals surface area (Å²) in [4.78, 5) is 21.6. The van der Waals surface area contributed by atoms with Gasteiger partial charge in [0.1, 0.15) is 0 Å². The predicted octanol–water partition coefficient (Wildman–Crippen LogP) is -0.0754. The lowest BCUT2D eigenvalue weighted by atomic mass is 10.1. The highest BCUT2D eigenvalue weighted by Gasteiger charge is 2.33. The zero-order chi connectivity index (χ0) is 18.8. The quantitative estimate of drug-likeness (QED) is 0.784. The molecule has 0 aliphatic carbocycles. The molecule has 3 heterocycles. The van der Waals surface area contributed by atoms with Crippen molar-refractivity contribution in [2.75, 3.05) is 58.0 Å². The number of aliphatic hydroxyl groups is 1. The van der Waals surface area contributed by atoms with E-state index in [-0.39, 0.29) is 17.7 Å². The summed E-state index contributed by atoms with van der Waals surface area (Å²) in [6, 6.07) is 5.95. The Kier molecular flexibility index (Phi) is 5.40. The Balaban J connectivity index is 1.47. The van der Waals surface area contributed by atoms with E-state index in [4.69, 9.17) is 9.47 Å². The average molecular weight is 374 g/mol. The van der Waals surface area contributed by atoms with E-state index in [2.05, 4.69) is 14.8 Å². The summed E-state index contributed by atoms with van der Waals surface area (Å²) in [5, 5.41) is 10.6. The topological polar surface area (TPSA) is 80.1 Å². The van der Waals surface area contributed by atoms with Crippen LogP contribution in [0.4, 0.5) is 5.69 Å². The molecule has 2 aliphatic rings. The summed E-state index contributed by atoms with van der Waals surface area (Å²) in [6.45, 7) is 5.54. The first-order valence-electron chi connectivity index (χ1n) is 9.40. The molecule has 1 aromatic heterocycles. The van der Waals surface area contributed by atoms with E-state index in [1.807, 2.05) is 18.2 Å². The summed E-state index contributed by atoms with van der Waals surface area (Å²) in [5.74, 6) is 0. The number of fused-ring (bicyclic) bond motifs is 1. The SMILES string of the molecule is COCCn1cnc2cc(N3CCN(C4COCC4O)CC3)ccc2c1=O. The van der Waals surface area contributed by atoms with Crippen LogP contribution in [-0.4, -0.2) is 84.8 Å². The molecule has 0 saturated carbocycles. The van der Waals surface area contributed by atoms with Crippen LogP contribution in [0.1, 0.15) is 0 Å². The lowest BCUT2D eigenvalue weighted by Crippen LogP contribution is -2.53. The Morgan fingerprint density at radius 2 is 2.07 bits per heavy atom. The number of ether oxygens (including phenoxy) is 2. The third-order valence-electron chi connectivity index (χ3n) is 5.51. The van der Waals surface area contributed by atoms with E-state index in [9.17, 15) is 9.90 Å². The first-order chi connectivity index (χ1) is 13.2. The number of piperazine rings is 1. The predicted molar refractivity (Wildman–Crippen MR) is 102 cm³/mol. The highest BCUT2D eigenvalue weighted by atomic mass is 16.5. The number of aliphatic hydroxyl groups excluding tert-OH is 1. The van der Waals surface area contributed by atoms with Crippen LogP contribution in [0.25, 0.3) is 10.9 Å². The Morgan fingerprint density at radius 3 is 2.78 bits per heavy atom. The van der Waals surface area contributed by atoms with Gasteiger partial charge < -0.3 is 19.5 Å². The number of anilines is 1. The van der Waals surface area contributed by atoms with Crippen molar-refractivity contribution < 1.29 is 14.6 Å². The average Bonchev–Trinajstić information content (AvgIpc) is 3.13. The molecule has 0 amide bonds. The maximum atomic E-state index is 12.6. The van der Waals surface area contributed by atoms with Crippen molar-refractivity contribution in [2.24, 2.45) is 0 Å². The maximum absolute atomic E-state index is 12.6. The Hall–Kier alpha value is -2.00. The fourth-order valence-electron chi connectivity index (χ4n) is 3.88. The number of nitrogens with zero attached hydrogens (tertiary/aromatic N) is 4. The van der Waals surface area contributed by atoms with Crippen molar-refractivity contribution in [1.82, 2.24) is 14.5 Å². The normalized spacial score (nSPS) is 24.0. The minimum atomic E-state index is -0.387. The molecule has 2 aromatic rings. The van der Waals surface area contributed by atoms with E-state index in [1.54, 1.807) is 18.0 Å². The van der Waals surface area contributed by atoms with E-state index >= 15 is 0 Å². The summed E-state index contributed by atoms with van der Waals surface area (Å²) in [5.41, 5.74) is 1.75. The van der Waals surface area contributed by atoms with Crippen molar-refractivity contribution in [3.63, 3.8) is 0 Å². The lowest BCUT2D eigenvalue weighted by molar-refractivity contribution is 0.0785.